The third-order valence-corrected chi connectivity index (χ3v) is 5.07. The normalized spacial score (nSPS) is 15.6. The van der Waals surface area contributed by atoms with Crippen LogP contribution in [-0.2, 0) is 0 Å². The van der Waals surface area contributed by atoms with Crippen molar-refractivity contribution in [2.75, 3.05) is 23.9 Å². The number of para-hydroxylation sites is 1. The van der Waals surface area contributed by atoms with Crippen LogP contribution in [0.3, 0.4) is 0 Å². The molecule has 0 bridgehead atoms. The molecule has 1 heterocycles. The number of benzene rings is 1. The SMILES string of the molecule is CC(COc1ccccc1)Nc1nc(N(C)C2CCCCC2)ncc1C(=O)O. The van der Waals surface area contributed by atoms with Crippen molar-refractivity contribution in [1.82, 2.24) is 9.97 Å². The Balaban J connectivity index is 1.71. The van der Waals surface area contributed by atoms with E-state index in [0.717, 1.165) is 18.6 Å². The van der Waals surface area contributed by atoms with Gasteiger partial charge in [-0.3, -0.25) is 0 Å². The number of hydrogen-bond donors (Lipinski definition) is 2. The minimum absolute atomic E-state index is 0.0624. The Morgan fingerprint density at radius 2 is 2.00 bits per heavy atom. The minimum atomic E-state index is -1.05. The van der Waals surface area contributed by atoms with Crippen LogP contribution < -0.4 is 15.0 Å². The first-order valence-electron chi connectivity index (χ1n) is 9.82. The van der Waals surface area contributed by atoms with E-state index in [0.29, 0.717) is 24.4 Å². The summed E-state index contributed by atoms with van der Waals surface area (Å²) in [5.74, 6) is 0.598. The molecule has 1 atom stereocenters. The predicted octanol–water partition coefficient (Wildman–Crippen LogP) is 3.82. The summed E-state index contributed by atoms with van der Waals surface area (Å²) in [5, 5.41) is 12.7. The Morgan fingerprint density at radius 1 is 1.29 bits per heavy atom. The van der Waals surface area contributed by atoms with Crippen LogP contribution in [0.1, 0.15) is 49.4 Å². The number of ether oxygens (including phenoxy) is 1. The van der Waals surface area contributed by atoms with Crippen LogP contribution in [0.4, 0.5) is 11.8 Å². The van der Waals surface area contributed by atoms with Gasteiger partial charge in [0.05, 0.1) is 6.04 Å². The van der Waals surface area contributed by atoms with E-state index in [2.05, 4.69) is 20.2 Å². The summed E-state index contributed by atoms with van der Waals surface area (Å²) in [6, 6.07) is 9.80. The van der Waals surface area contributed by atoms with Gasteiger partial charge in [-0.25, -0.2) is 9.78 Å². The average molecular weight is 384 g/mol. The maximum atomic E-state index is 11.6. The first-order chi connectivity index (χ1) is 13.5. The van der Waals surface area contributed by atoms with E-state index in [4.69, 9.17) is 4.74 Å². The highest BCUT2D eigenvalue weighted by Crippen LogP contribution is 2.25. The van der Waals surface area contributed by atoms with Crippen LogP contribution in [-0.4, -0.2) is 46.8 Å². The number of rotatable bonds is 8. The molecule has 1 saturated carbocycles. The average Bonchev–Trinajstić information content (AvgIpc) is 2.73. The van der Waals surface area contributed by atoms with Crippen LogP contribution in [0.2, 0.25) is 0 Å². The van der Waals surface area contributed by atoms with Crippen LogP contribution in [0, 0.1) is 0 Å². The van der Waals surface area contributed by atoms with E-state index in [1.54, 1.807) is 0 Å². The predicted molar refractivity (Wildman–Crippen MR) is 109 cm³/mol. The maximum Gasteiger partial charge on any atom is 0.341 e. The van der Waals surface area contributed by atoms with Crippen molar-refractivity contribution in [3.63, 3.8) is 0 Å². The highest BCUT2D eigenvalue weighted by molar-refractivity contribution is 5.93. The van der Waals surface area contributed by atoms with E-state index < -0.39 is 5.97 Å². The summed E-state index contributed by atoms with van der Waals surface area (Å²) < 4.78 is 5.75. The summed E-state index contributed by atoms with van der Waals surface area (Å²) in [6.45, 7) is 2.32. The Morgan fingerprint density at radius 3 is 2.68 bits per heavy atom. The molecule has 0 radical (unpaired) electrons. The second kappa shape index (κ2) is 9.39. The van der Waals surface area contributed by atoms with Gasteiger partial charge in [-0.1, -0.05) is 37.5 Å². The van der Waals surface area contributed by atoms with Crippen LogP contribution in [0.25, 0.3) is 0 Å². The Bertz CT molecular complexity index is 778. The quantitative estimate of drug-likeness (QED) is 0.715. The lowest BCUT2D eigenvalue weighted by Crippen LogP contribution is -2.35. The fourth-order valence-electron chi connectivity index (χ4n) is 3.45. The highest BCUT2D eigenvalue weighted by Gasteiger charge is 2.22. The second-order valence-electron chi connectivity index (χ2n) is 7.31. The number of anilines is 2. The van der Waals surface area contributed by atoms with Gasteiger partial charge in [0, 0.05) is 19.3 Å². The van der Waals surface area contributed by atoms with Crippen LogP contribution in [0.15, 0.2) is 36.5 Å². The standard InChI is InChI=1S/C21H28N4O3/c1-15(14-28-17-11-7-4-8-12-17)23-19-18(20(26)27)13-22-21(24-19)25(2)16-9-5-3-6-10-16/h4,7-8,11-13,15-16H,3,5-6,9-10,14H2,1-2H3,(H,26,27)(H,22,23,24). The number of nitrogens with one attached hydrogen (secondary N) is 1. The molecule has 0 saturated heterocycles. The third kappa shape index (κ3) is 5.12. The molecule has 3 rings (SSSR count). The summed E-state index contributed by atoms with van der Waals surface area (Å²) in [6.07, 6.45) is 7.31. The van der Waals surface area contributed by atoms with Crippen LogP contribution >= 0.6 is 0 Å². The molecule has 2 aromatic rings. The van der Waals surface area contributed by atoms with E-state index in [-0.39, 0.29) is 11.6 Å². The van der Waals surface area contributed by atoms with Crippen molar-refractivity contribution in [2.45, 2.75) is 51.1 Å². The fraction of sp³-hybridized carbons (Fsp3) is 0.476. The zero-order valence-corrected chi connectivity index (χ0v) is 16.5. The number of hydrogen-bond acceptors (Lipinski definition) is 6. The van der Waals surface area contributed by atoms with Crippen LogP contribution in [0.5, 0.6) is 5.75 Å². The van der Waals surface area contributed by atoms with Gasteiger partial charge in [-0.15, -0.1) is 0 Å². The van der Waals surface area contributed by atoms with Gasteiger partial charge in [0.15, 0.2) is 0 Å². The van der Waals surface area contributed by atoms with Crippen molar-refractivity contribution < 1.29 is 14.6 Å². The number of aromatic carboxylic acids is 1. The van der Waals surface area contributed by atoms with Gasteiger partial charge >= 0.3 is 5.97 Å². The largest absolute Gasteiger partial charge is 0.491 e. The van der Waals surface area contributed by atoms with E-state index in [1.807, 2.05) is 44.3 Å². The lowest BCUT2D eigenvalue weighted by atomic mass is 9.95. The summed E-state index contributed by atoms with van der Waals surface area (Å²) in [5.41, 5.74) is 0.0624. The van der Waals surface area contributed by atoms with Gasteiger partial charge < -0.3 is 20.1 Å². The molecule has 28 heavy (non-hydrogen) atoms. The van der Waals surface area contributed by atoms with Crippen molar-refractivity contribution in [3.05, 3.63) is 42.1 Å². The molecule has 1 unspecified atom stereocenters. The van der Waals surface area contributed by atoms with Crippen molar-refractivity contribution >= 4 is 17.7 Å². The number of carbonyl (C=O) groups is 1. The van der Waals surface area contributed by atoms with Gasteiger partial charge in [-0.05, 0) is 31.9 Å². The van der Waals surface area contributed by atoms with E-state index >= 15 is 0 Å². The van der Waals surface area contributed by atoms with Gasteiger partial charge in [0.1, 0.15) is 23.7 Å². The number of carboxylic acids is 1. The first-order valence-corrected chi connectivity index (χ1v) is 9.82. The molecule has 7 nitrogen and oxygen atoms in total. The molecule has 0 amide bonds. The molecule has 150 valence electrons. The monoisotopic (exact) mass is 384 g/mol. The molecule has 1 fully saturated rings. The molecular weight excluding hydrogens is 356 g/mol. The first kappa shape index (κ1) is 19.9. The fourth-order valence-corrected chi connectivity index (χ4v) is 3.45. The maximum absolute atomic E-state index is 11.6. The van der Waals surface area contributed by atoms with Crippen molar-refractivity contribution in [3.8, 4) is 5.75 Å². The van der Waals surface area contributed by atoms with Gasteiger partial charge in [0.25, 0.3) is 0 Å². The lowest BCUT2D eigenvalue weighted by molar-refractivity contribution is 0.0697. The molecular formula is C21H28N4O3. The zero-order valence-electron chi connectivity index (χ0n) is 16.5. The molecule has 2 N–H and O–H groups in total. The second-order valence-corrected chi connectivity index (χ2v) is 7.31. The zero-order chi connectivity index (χ0) is 19.9. The Labute approximate surface area is 165 Å². The Hall–Kier alpha value is -2.83. The molecule has 1 aliphatic carbocycles. The smallest absolute Gasteiger partial charge is 0.341 e. The van der Waals surface area contributed by atoms with Crippen molar-refractivity contribution in [1.29, 1.82) is 0 Å². The molecule has 1 aromatic heterocycles. The highest BCUT2D eigenvalue weighted by atomic mass is 16.5. The topological polar surface area (TPSA) is 87.6 Å². The summed E-state index contributed by atoms with van der Waals surface area (Å²) in [7, 11) is 1.98. The molecule has 0 spiro atoms. The van der Waals surface area contributed by atoms with E-state index in [9.17, 15) is 9.90 Å². The molecule has 0 aliphatic heterocycles. The minimum Gasteiger partial charge on any atom is -0.491 e. The molecule has 1 aromatic carbocycles. The van der Waals surface area contributed by atoms with Gasteiger partial charge in [0.2, 0.25) is 5.95 Å². The van der Waals surface area contributed by atoms with Gasteiger partial charge in [-0.2, -0.15) is 4.98 Å². The number of aromatic nitrogens is 2. The number of carboxylic acid groups (broad SMARTS) is 1. The number of nitrogens with zero attached hydrogens (tertiary/aromatic N) is 3. The summed E-state index contributed by atoms with van der Waals surface area (Å²) >= 11 is 0. The lowest BCUT2D eigenvalue weighted by Gasteiger charge is -2.31. The molecule has 1 aliphatic rings. The third-order valence-electron chi connectivity index (χ3n) is 5.07. The summed E-state index contributed by atoms with van der Waals surface area (Å²) in [4.78, 5) is 22.5. The Kier molecular flexibility index (Phi) is 6.68. The molecule has 7 heteroatoms. The van der Waals surface area contributed by atoms with E-state index in [1.165, 1.54) is 25.5 Å². The van der Waals surface area contributed by atoms with Crippen molar-refractivity contribution in [2.24, 2.45) is 0 Å².